The van der Waals surface area contributed by atoms with Crippen LogP contribution in [0.4, 0.5) is 0 Å². The second-order valence-electron chi connectivity index (χ2n) is 5.34. The van der Waals surface area contributed by atoms with Gasteiger partial charge >= 0.3 is 0 Å². The maximum Gasteiger partial charge on any atom is -0.0183 e. The fourth-order valence-electron chi connectivity index (χ4n) is 2.68. The lowest BCUT2D eigenvalue weighted by Gasteiger charge is -2.39. The van der Waals surface area contributed by atoms with Gasteiger partial charge < -0.3 is 0 Å². The van der Waals surface area contributed by atoms with Crippen molar-refractivity contribution in [3.05, 3.63) is 12.2 Å². The topological polar surface area (TPSA) is 0 Å². The summed E-state index contributed by atoms with van der Waals surface area (Å²) < 4.78 is 0. The van der Waals surface area contributed by atoms with Gasteiger partial charge in [-0.05, 0) is 43.4 Å². The van der Waals surface area contributed by atoms with Crippen LogP contribution in [0.2, 0.25) is 0 Å². The van der Waals surface area contributed by atoms with E-state index in [1.54, 1.807) is 0 Å². The normalized spacial score (nSPS) is 34.7. The minimum Gasteiger partial charge on any atom is -0.0999 e. The fourth-order valence-corrected chi connectivity index (χ4v) is 2.68. The third kappa shape index (κ3) is 2.12. The van der Waals surface area contributed by atoms with E-state index in [-0.39, 0.29) is 0 Å². The first-order valence-corrected chi connectivity index (χ1v) is 5.08. The van der Waals surface area contributed by atoms with Crippen molar-refractivity contribution in [1.29, 1.82) is 0 Å². The van der Waals surface area contributed by atoms with Gasteiger partial charge in [-0.15, -0.1) is 0 Å². The van der Waals surface area contributed by atoms with Crippen LogP contribution in [0.3, 0.4) is 0 Å². The quantitative estimate of drug-likeness (QED) is 0.516. The Kier molecular flexibility index (Phi) is 2.65. The standard InChI is InChI=1S/C12H22/c1-9(2)11-6-7-12(4,5)8-10(11)3/h10-11H,1,6-8H2,2-5H3/t10-,11?/m1/s1. The first-order valence-electron chi connectivity index (χ1n) is 5.08. The van der Waals surface area contributed by atoms with Crippen molar-refractivity contribution in [3.63, 3.8) is 0 Å². The van der Waals surface area contributed by atoms with Gasteiger partial charge in [-0.3, -0.25) is 0 Å². The van der Waals surface area contributed by atoms with Crippen LogP contribution in [0.15, 0.2) is 12.2 Å². The molecule has 0 amide bonds. The molecule has 1 rings (SSSR count). The summed E-state index contributed by atoms with van der Waals surface area (Å²) in [5, 5.41) is 0. The van der Waals surface area contributed by atoms with Gasteiger partial charge in [0, 0.05) is 0 Å². The Bertz CT molecular complexity index is 176. The number of rotatable bonds is 1. The van der Waals surface area contributed by atoms with Crippen LogP contribution < -0.4 is 0 Å². The Balaban J connectivity index is 2.60. The molecule has 0 N–H and O–H groups in total. The second kappa shape index (κ2) is 3.24. The van der Waals surface area contributed by atoms with E-state index in [2.05, 4.69) is 34.3 Å². The zero-order valence-electron chi connectivity index (χ0n) is 8.98. The molecule has 0 spiro atoms. The van der Waals surface area contributed by atoms with E-state index in [0.717, 1.165) is 11.8 Å². The molecule has 0 heteroatoms. The van der Waals surface area contributed by atoms with Crippen LogP contribution in [-0.2, 0) is 0 Å². The smallest absolute Gasteiger partial charge is 0.0183 e. The molecule has 0 heterocycles. The van der Waals surface area contributed by atoms with Gasteiger partial charge in [0.05, 0.1) is 0 Å². The summed E-state index contributed by atoms with van der Waals surface area (Å²) in [6.45, 7) is 13.4. The van der Waals surface area contributed by atoms with E-state index < -0.39 is 0 Å². The molecule has 1 fully saturated rings. The number of hydrogen-bond donors (Lipinski definition) is 0. The molecule has 1 aliphatic carbocycles. The fraction of sp³-hybridized carbons (Fsp3) is 0.833. The highest BCUT2D eigenvalue weighted by molar-refractivity contribution is 5.01. The molecule has 0 aromatic heterocycles. The van der Waals surface area contributed by atoms with Crippen molar-refractivity contribution in [1.82, 2.24) is 0 Å². The highest BCUT2D eigenvalue weighted by Crippen LogP contribution is 2.43. The molecule has 0 aromatic carbocycles. The molecule has 0 aromatic rings. The van der Waals surface area contributed by atoms with Crippen molar-refractivity contribution in [3.8, 4) is 0 Å². The van der Waals surface area contributed by atoms with Crippen molar-refractivity contribution in [2.24, 2.45) is 17.3 Å². The van der Waals surface area contributed by atoms with Crippen LogP contribution in [0, 0.1) is 17.3 Å². The lowest BCUT2D eigenvalue weighted by atomic mass is 9.66. The average Bonchev–Trinajstić information content (AvgIpc) is 1.83. The summed E-state index contributed by atoms with van der Waals surface area (Å²) in [4.78, 5) is 0. The van der Waals surface area contributed by atoms with Gasteiger partial charge in [-0.1, -0.05) is 32.9 Å². The van der Waals surface area contributed by atoms with Gasteiger partial charge in [0.2, 0.25) is 0 Å². The minimum absolute atomic E-state index is 0.575. The average molecular weight is 166 g/mol. The third-order valence-corrected chi connectivity index (χ3v) is 3.33. The van der Waals surface area contributed by atoms with Gasteiger partial charge in [0.15, 0.2) is 0 Å². The number of allylic oxidation sites excluding steroid dienone is 1. The van der Waals surface area contributed by atoms with Gasteiger partial charge in [0.25, 0.3) is 0 Å². The maximum atomic E-state index is 4.08. The van der Waals surface area contributed by atoms with E-state index >= 15 is 0 Å². The largest absolute Gasteiger partial charge is 0.0999 e. The van der Waals surface area contributed by atoms with Crippen LogP contribution in [0.5, 0.6) is 0 Å². The van der Waals surface area contributed by atoms with Crippen molar-refractivity contribution in [2.45, 2.75) is 47.0 Å². The lowest BCUT2D eigenvalue weighted by molar-refractivity contribution is 0.148. The summed E-state index contributed by atoms with van der Waals surface area (Å²) >= 11 is 0. The van der Waals surface area contributed by atoms with Crippen LogP contribution in [0.25, 0.3) is 0 Å². The molecule has 1 unspecified atom stereocenters. The molecule has 1 aliphatic rings. The molecular weight excluding hydrogens is 144 g/mol. The molecule has 2 atom stereocenters. The Morgan fingerprint density at radius 3 is 2.42 bits per heavy atom. The predicted octanol–water partition coefficient (Wildman–Crippen LogP) is 4.02. The molecule has 0 bridgehead atoms. The lowest BCUT2D eigenvalue weighted by Crippen LogP contribution is -2.28. The van der Waals surface area contributed by atoms with Gasteiger partial charge in [-0.2, -0.15) is 0 Å². The summed E-state index contributed by atoms with van der Waals surface area (Å²) in [5.74, 6) is 1.63. The first kappa shape index (κ1) is 9.83. The molecule has 0 saturated heterocycles. The SMILES string of the molecule is C=C(C)C1CCC(C)(C)C[C@H]1C. The van der Waals surface area contributed by atoms with Crippen molar-refractivity contribution < 1.29 is 0 Å². The molecular formula is C12H22. The highest BCUT2D eigenvalue weighted by atomic mass is 14.4. The Morgan fingerprint density at radius 2 is 2.00 bits per heavy atom. The van der Waals surface area contributed by atoms with E-state index in [9.17, 15) is 0 Å². The third-order valence-electron chi connectivity index (χ3n) is 3.33. The summed E-state index contributed by atoms with van der Waals surface area (Å²) in [5.41, 5.74) is 1.96. The zero-order chi connectivity index (χ0) is 9.35. The van der Waals surface area contributed by atoms with Gasteiger partial charge in [0.1, 0.15) is 0 Å². The molecule has 12 heavy (non-hydrogen) atoms. The Hall–Kier alpha value is -0.260. The highest BCUT2D eigenvalue weighted by Gasteiger charge is 2.32. The van der Waals surface area contributed by atoms with Crippen LogP contribution in [0.1, 0.15) is 47.0 Å². The predicted molar refractivity (Wildman–Crippen MR) is 55.1 cm³/mol. The van der Waals surface area contributed by atoms with Crippen LogP contribution in [-0.4, -0.2) is 0 Å². The number of hydrogen-bond acceptors (Lipinski definition) is 0. The van der Waals surface area contributed by atoms with E-state index in [0.29, 0.717) is 5.41 Å². The van der Waals surface area contributed by atoms with Crippen molar-refractivity contribution in [2.75, 3.05) is 0 Å². The van der Waals surface area contributed by atoms with Crippen LogP contribution >= 0.6 is 0 Å². The second-order valence-corrected chi connectivity index (χ2v) is 5.34. The summed E-state index contributed by atoms with van der Waals surface area (Å²) in [6.07, 6.45) is 4.09. The minimum atomic E-state index is 0.575. The molecule has 0 radical (unpaired) electrons. The summed E-state index contributed by atoms with van der Waals surface area (Å²) in [7, 11) is 0. The first-order chi connectivity index (χ1) is 5.42. The van der Waals surface area contributed by atoms with E-state index in [4.69, 9.17) is 0 Å². The Labute approximate surface area is 77.1 Å². The molecule has 0 aliphatic heterocycles. The van der Waals surface area contributed by atoms with Gasteiger partial charge in [-0.25, -0.2) is 0 Å². The monoisotopic (exact) mass is 166 g/mol. The van der Waals surface area contributed by atoms with Crippen molar-refractivity contribution >= 4 is 0 Å². The molecule has 1 saturated carbocycles. The summed E-state index contributed by atoms with van der Waals surface area (Å²) in [6, 6.07) is 0. The molecule has 70 valence electrons. The van der Waals surface area contributed by atoms with E-state index in [1.807, 2.05) is 0 Å². The van der Waals surface area contributed by atoms with E-state index in [1.165, 1.54) is 24.8 Å². The zero-order valence-corrected chi connectivity index (χ0v) is 8.98. The Morgan fingerprint density at radius 1 is 1.42 bits per heavy atom. The maximum absolute atomic E-state index is 4.08. The molecule has 0 nitrogen and oxygen atoms in total.